The van der Waals surface area contributed by atoms with Crippen LogP contribution < -0.4 is 5.73 Å². The van der Waals surface area contributed by atoms with Crippen molar-refractivity contribution >= 4 is 10.0 Å². The minimum Gasteiger partial charge on any atom is -0.323 e. The first-order valence-corrected chi connectivity index (χ1v) is 6.80. The van der Waals surface area contributed by atoms with Crippen LogP contribution in [0.3, 0.4) is 0 Å². The molecule has 1 saturated heterocycles. The summed E-state index contributed by atoms with van der Waals surface area (Å²) >= 11 is 0. The van der Waals surface area contributed by atoms with E-state index in [4.69, 9.17) is 5.73 Å². The lowest BCUT2D eigenvalue weighted by atomic mass is 9.88. The second kappa shape index (κ2) is 2.51. The van der Waals surface area contributed by atoms with Gasteiger partial charge in [-0.2, -0.15) is 4.31 Å². The molecule has 3 aliphatic rings. The summed E-state index contributed by atoms with van der Waals surface area (Å²) in [6.45, 7) is 1.13. The van der Waals surface area contributed by atoms with Crippen molar-refractivity contribution < 1.29 is 8.42 Å². The molecular formula is C9H16N2O2S. The van der Waals surface area contributed by atoms with Gasteiger partial charge in [-0.05, 0) is 31.6 Å². The molecule has 0 atom stereocenters. The Morgan fingerprint density at radius 1 is 1.14 bits per heavy atom. The van der Waals surface area contributed by atoms with E-state index < -0.39 is 10.0 Å². The highest BCUT2D eigenvalue weighted by Gasteiger charge is 2.55. The third kappa shape index (κ3) is 1.22. The second-order valence-corrected chi connectivity index (χ2v) is 7.23. The van der Waals surface area contributed by atoms with Crippen molar-refractivity contribution in [2.75, 3.05) is 13.1 Å². The summed E-state index contributed by atoms with van der Waals surface area (Å²) in [5.41, 5.74) is 5.93. The average molecular weight is 216 g/mol. The second-order valence-electron chi connectivity index (χ2n) is 5.02. The molecular weight excluding hydrogens is 200 g/mol. The summed E-state index contributed by atoms with van der Waals surface area (Å²) in [4.78, 5) is 0. The Morgan fingerprint density at radius 3 is 2.14 bits per heavy atom. The van der Waals surface area contributed by atoms with Crippen LogP contribution in [-0.2, 0) is 10.0 Å². The van der Waals surface area contributed by atoms with Gasteiger partial charge in [0.05, 0.1) is 5.25 Å². The summed E-state index contributed by atoms with van der Waals surface area (Å²) in [5.74, 6) is 0.591. The molecule has 0 aromatic carbocycles. The fraction of sp³-hybridized carbons (Fsp3) is 1.00. The van der Waals surface area contributed by atoms with Gasteiger partial charge in [-0.3, -0.25) is 0 Å². The van der Waals surface area contributed by atoms with Crippen LogP contribution >= 0.6 is 0 Å². The first-order chi connectivity index (χ1) is 6.52. The molecule has 0 radical (unpaired) electrons. The summed E-state index contributed by atoms with van der Waals surface area (Å²) in [7, 11) is -2.95. The smallest absolute Gasteiger partial charge is 0.217 e. The molecule has 1 heterocycles. The predicted octanol–water partition coefficient (Wildman–Crippen LogP) is -0.0983. The van der Waals surface area contributed by atoms with Crippen LogP contribution in [-0.4, -0.2) is 36.6 Å². The summed E-state index contributed by atoms with van der Waals surface area (Å²) in [5, 5.41) is -0.0775. The first-order valence-electron chi connectivity index (χ1n) is 5.30. The Labute approximate surface area is 84.5 Å². The maximum Gasteiger partial charge on any atom is 0.217 e. The lowest BCUT2D eigenvalue weighted by molar-refractivity contribution is 0.135. The molecule has 4 nitrogen and oxygen atoms in total. The SMILES string of the molecule is NC1(C2CC2)CN(S(=O)(=O)C2CC2)C1. The number of hydrogen-bond acceptors (Lipinski definition) is 3. The highest BCUT2D eigenvalue weighted by molar-refractivity contribution is 7.90. The standard InChI is InChI=1S/C9H16N2O2S/c10-9(7-1-2-7)5-11(6-9)14(12,13)8-3-4-8/h7-8H,1-6,10H2. The van der Waals surface area contributed by atoms with Crippen molar-refractivity contribution in [1.82, 2.24) is 4.31 Å². The van der Waals surface area contributed by atoms with Crippen LogP contribution in [0.25, 0.3) is 0 Å². The molecule has 3 rings (SSSR count). The van der Waals surface area contributed by atoms with Crippen molar-refractivity contribution in [3.8, 4) is 0 Å². The van der Waals surface area contributed by atoms with Crippen molar-refractivity contribution in [2.45, 2.75) is 36.5 Å². The van der Waals surface area contributed by atoms with Crippen LogP contribution in [0.15, 0.2) is 0 Å². The van der Waals surface area contributed by atoms with Gasteiger partial charge in [0.15, 0.2) is 0 Å². The van der Waals surface area contributed by atoms with Gasteiger partial charge in [-0.1, -0.05) is 0 Å². The molecule has 0 aromatic heterocycles. The van der Waals surface area contributed by atoms with Crippen LogP contribution in [0, 0.1) is 5.92 Å². The predicted molar refractivity (Wildman–Crippen MR) is 53.2 cm³/mol. The first kappa shape index (κ1) is 9.12. The zero-order chi connectivity index (χ0) is 9.97. The third-order valence-electron chi connectivity index (χ3n) is 3.64. The maximum atomic E-state index is 11.8. The van der Waals surface area contributed by atoms with Crippen LogP contribution in [0.5, 0.6) is 0 Å². The zero-order valence-corrected chi connectivity index (χ0v) is 8.96. The monoisotopic (exact) mass is 216 g/mol. The van der Waals surface area contributed by atoms with Crippen molar-refractivity contribution in [3.63, 3.8) is 0 Å². The van der Waals surface area contributed by atoms with Gasteiger partial charge in [0, 0.05) is 18.6 Å². The molecule has 80 valence electrons. The van der Waals surface area contributed by atoms with E-state index in [0.717, 1.165) is 12.8 Å². The lowest BCUT2D eigenvalue weighted by Crippen LogP contribution is -2.70. The molecule has 0 amide bonds. The number of nitrogens with zero attached hydrogens (tertiary/aromatic N) is 1. The van der Waals surface area contributed by atoms with E-state index >= 15 is 0 Å². The number of rotatable bonds is 3. The Bertz CT molecular complexity index is 351. The molecule has 0 aromatic rings. The van der Waals surface area contributed by atoms with E-state index in [-0.39, 0.29) is 10.8 Å². The lowest BCUT2D eigenvalue weighted by Gasteiger charge is -2.47. The molecule has 2 saturated carbocycles. The average Bonchev–Trinajstić information content (AvgIpc) is 2.83. The summed E-state index contributed by atoms with van der Waals surface area (Å²) in [6.07, 6.45) is 4.07. The zero-order valence-electron chi connectivity index (χ0n) is 8.15. The molecule has 0 bridgehead atoms. The van der Waals surface area contributed by atoms with Crippen molar-refractivity contribution in [1.29, 1.82) is 0 Å². The minimum absolute atomic E-state index is 0.0775. The number of hydrogen-bond donors (Lipinski definition) is 1. The largest absolute Gasteiger partial charge is 0.323 e. The Morgan fingerprint density at radius 2 is 1.71 bits per heavy atom. The Hall–Kier alpha value is -0.130. The van der Waals surface area contributed by atoms with Gasteiger partial charge < -0.3 is 5.73 Å². The molecule has 14 heavy (non-hydrogen) atoms. The molecule has 2 aliphatic carbocycles. The summed E-state index contributed by atoms with van der Waals surface area (Å²) < 4.78 is 25.1. The van der Waals surface area contributed by atoms with Crippen molar-refractivity contribution in [2.24, 2.45) is 11.7 Å². The topological polar surface area (TPSA) is 63.4 Å². The van der Waals surface area contributed by atoms with Gasteiger partial charge in [-0.25, -0.2) is 8.42 Å². The maximum absolute atomic E-state index is 11.8. The van der Waals surface area contributed by atoms with E-state index in [1.165, 1.54) is 12.8 Å². The third-order valence-corrected chi connectivity index (χ3v) is 5.93. The van der Waals surface area contributed by atoms with Gasteiger partial charge in [0.1, 0.15) is 0 Å². The fourth-order valence-electron chi connectivity index (χ4n) is 2.28. The minimum atomic E-state index is -2.95. The van der Waals surface area contributed by atoms with E-state index in [2.05, 4.69) is 0 Å². The van der Waals surface area contributed by atoms with Gasteiger partial charge in [-0.15, -0.1) is 0 Å². The summed E-state index contributed by atoms with van der Waals surface area (Å²) in [6, 6.07) is 0. The highest BCUT2D eigenvalue weighted by Crippen LogP contribution is 2.45. The Kier molecular flexibility index (Phi) is 1.64. The molecule has 0 unspecified atom stereocenters. The molecule has 3 fully saturated rings. The van der Waals surface area contributed by atoms with E-state index in [1.54, 1.807) is 4.31 Å². The van der Waals surface area contributed by atoms with E-state index in [0.29, 0.717) is 19.0 Å². The highest BCUT2D eigenvalue weighted by atomic mass is 32.2. The molecule has 2 N–H and O–H groups in total. The fourth-order valence-corrected chi connectivity index (χ4v) is 4.28. The van der Waals surface area contributed by atoms with Crippen LogP contribution in [0.2, 0.25) is 0 Å². The quantitative estimate of drug-likeness (QED) is 0.716. The van der Waals surface area contributed by atoms with Gasteiger partial charge in [0.25, 0.3) is 0 Å². The molecule has 5 heteroatoms. The van der Waals surface area contributed by atoms with Gasteiger partial charge >= 0.3 is 0 Å². The molecule has 0 spiro atoms. The number of sulfonamides is 1. The van der Waals surface area contributed by atoms with Crippen molar-refractivity contribution in [3.05, 3.63) is 0 Å². The molecule has 1 aliphatic heterocycles. The van der Waals surface area contributed by atoms with Gasteiger partial charge in [0.2, 0.25) is 10.0 Å². The van der Waals surface area contributed by atoms with Crippen LogP contribution in [0.1, 0.15) is 25.7 Å². The van der Waals surface area contributed by atoms with E-state index in [9.17, 15) is 8.42 Å². The Balaban J connectivity index is 1.68. The normalized spacial score (nSPS) is 32.6. The number of nitrogens with two attached hydrogens (primary N) is 1. The van der Waals surface area contributed by atoms with Crippen LogP contribution in [0.4, 0.5) is 0 Å². The van der Waals surface area contributed by atoms with E-state index in [1.807, 2.05) is 0 Å².